The molecule has 24 heavy (non-hydrogen) atoms. The molecule has 1 aromatic heterocycles. The number of amides is 1. The molecule has 132 valence electrons. The van der Waals surface area contributed by atoms with Crippen LogP contribution in [0.25, 0.3) is 0 Å². The molecular weight excluding hydrogens is 389 g/mol. The Morgan fingerprint density at radius 1 is 1.17 bits per heavy atom. The molecule has 0 saturated carbocycles. The van der Waals surface area contributed by atoms with Crippen LogP contribution >= 0.6 is 47.8 Å². The van der Waals surface area contributed by atoms with Gasteiger partial charge in [0.15, 0.2) is 0 Å². The summed E-state index contributed by atoms with van der Waals surface area (Å²) >= 11 is 7.90. The van der Waals surface area contributed by atoms with Gasteiger partial charge in [0.05, 0.1) is 10.6 Å². The number of hydrogen-bond acceptors (Lipinski definition) is 4. The lowest BCUT2D eigenvalue weighted by molar-refractivity contribution is 0.0630. The van der Waals surface area contributed by atoms with Crippen LogP contribution in [0.3, 0.4) is 0 Å². The number of halogens is 3. The number of carbonyl (C=O) groups excluding carboxylic acids is 1. The second kappa shape index (κ2) is 9.49. The van der Waals surface area contributed by atoms with Crippen molar-refractivity contribution < 1.29 is 4.79 Å². The predicted molar refractivity (Wildman–Crippen MR) is 106 cm³/mol. The second-order valence-corrected chi connectivity index (χ2v) is 6.83. The zero-order valence-electron chi connectivity index (χ0n) is 13.0. The van der Waals surface area contributed by atoms with Crippen LogP contribution in [-0.4, -0.2) is 41.9 Å². The molecule has 0 spiro atoms. The topological polar surface area (TPSA) is 49.6 Å². The van der Waals surface area contributed by atoms with E-state index in [0.717, 1.165) is 32.7 Å². The lowest BCUT2D eigenvalue weighted by Gasteiger charge is -2.34. The standard InChI is InChI=1S/C16H18ClN3OS.2ClH/c17-15-10-12(18)3-4-14(15)16(21)20-7-5-19(6-8-20)11-13-2-1-9-22-13;;/h1-4,9-10H,5-8,11,18H2;2*1H. The summed E-state index contributed by atoms with van der Waals surface area (Å²) in [7, 11) is 0. The fourth-order valence-corrected chi connectivity index (χ4v) is 3.62. The van der Waals surface area contributed by atoms with Crippen LogP contribution in [-0.2, 0) is 6.54 Å². The van der Waals surface area contributed by atoms with E-state index in [-0.39, 0.29) is 30.7 Å². The molecule has 1 aliphatic heterocycles. The van der Waals surface area contributed by atoms with Crippen LogP contribution in [0.2, 0.25) is 5.02 Å². The number of benzene rings is 1. The van der Waals surface area contributed by atoms with E-state index in [0.29, 0.717) is 16.3 Å². The Balaban J connectivity index is 0.00000144. The van der Waals surface area contributed by atoms with Crippen LogP contribution in [0, 0.1) is 0 Å². The first-order chi connectivity index (χ1) is 10.6. The highest BCUT2D eigenvalue weighted by Gasteiger charge is 2.23. The lowest BCUT2D eigenvalue weighted by atomic mass is 10.1. The van der Waals surface area contributed by atoms with Crippen molar-refractivity contribution >= 4 is 59.3 Å². The molecule has 2 N–H and O–H groups in total. The van der Waals surface area contributed by atoms with Crippen molar-refractivity contribution in [2.75, 3.05) is 31.9 Å². The van der Waals surface area contributed by atoms with E-state index in [9.17, 15) is 4.79 Å². The number of nitrogens with two attached hydrogens (primary N) is 1. The molecule has 8 heteroatoms. The number of anilines is 1. The van der Waals surface area contributed by atoms with Gasteiger partial charge in [0.1, 0.15) is 0 Å². The molecule has 2 aromatic rings. The maximum absolute atomic E-state index is 12.5. The van der Waals surface area contributed by atoms with E-state index in [1.807, 2.05) is 4.90 Å². The van der Waals surface area contributed by atoms with Crippen molar-refractivity contribution in [3.8, 4) is 0 Å². The second-order valence-electron chi connectivity index (χ2n) is 5.39. The summed E-state index contributed by atoms with van der Waals surface area (Å²) in [5, 5.41) is 2.52. The molecule has 1 aromatic carbocycles. The molecule has 1 aliphatic rings. The highest BCUT2D eigenvalue weighted by atomic mass is 35.5. The number of carbonyl (C=O) groups is 1. The third-order valence-electron chi connectivity index (χ3n) is 3.84. The largest absolute Gasteiger partial charge is 0.399 e. The zero-order valence-corrected chi connectivity index (χ0v) is 16.2. The predicted octanol–water partition coefficient (Wildman–Crippen LogP) is 3.79. The van der Waals surface area contributed by atoms with Crippen LogP contribution in [0.15, 0.2) is 35.7 Å². The number of nitrogens with zero attached hydrogens (tertiary/aromatic N) is 2. The molecule has 1 saturated heterocycles. The summed E-state index contributed by atoms with van der Waals surface area (Å²) in [5.41, 5.74) is 6.78. The zero-order chi connectivity index (χ0) is 15.5. The Morgan fingerprint density at radius 3 is 2.46 bits per heavy atom. The minimum absolute atomic E-state index is 0. The number of nitrogen functional groups attached to an aromatic ring is 1. The van der Waals surface area contributed by atoms with E-state index < -0.39 is 0 Å². The molecule has 0 aliphatic carbocycles. The van der Waals surface area contributed by atoms with E-state index in [4.69, 9.17) is 17.3 Å². The van der Waals surface area contributed by atoms with Gasteiger partial charge in [0, 0.05) is 43.3 Å². The van der Waals surface area contributed by atoms with Gasteiger partial charge >= 0.3 is 0 Å². The summed E-state index contributed by atoms with van der Waals surface area (Å²) in [6.45, 7) is 4.19. The third kappa shape index (κ3) is 5.01. The van der Waals surface area contributed by atoms with Crippen molar-refractivity contribution in [2.45, 2.75) is 6.54 Å². The first kappa shape index (κ1) is 21.1. The molecule has 0 radical (unpaired) electrons. The summed E-state index contributed by atoms with van der Waals surface area (Å²) in [6.07, 6.45) is 0. The van der Waals surface area contributed by atoms with Crippen molar-refractivity contribution in [3.63, 3.8) is 0 Å². The van der Waals surface area contributed by atoms with E-state index in [1.54, 1.807) is 29.5 Å². The van der Waals surface area contributed by atoms with Crippen LogP contribution in [0.1, 0.15) is 15.2 Å². The van der Waals surface area contributed by atoms with E-state index >= 15 is 0 Å². The SMILES string of the molecule is Cl.Cl.Nc1ccc(C(=O)N2CCN(Cc3cccs3)CC2)c(Cl)c1. The normalized spacial score (nSPS) is 14.6. The maximum atomic E-state index is 12.5. The summed E-state index contributed by atoms with van der Waals surface area (Å²) < 4.78 is 0. The third-order valence-corrected chi connectivity index (χ3v) is 5.02. The van der Waals surface area contributed by atoms with Gasteiger partial charge in [-0.1, -0.05) is 17.7 Å². The Hall–Kier alpha value is -0.980. The van der Waals surface area contributed by atoms with Gasteiger partial charge < -0.3 is 10.6 Å². The van der Waals surface area contributed by atoms with Crippen LogP contribution < -0.4 is 5.73 Å². The number of rotatable bonds is 3. The Bertz CT molecular complexity index is 659. The van der Waals surface area contributed by atoms with Crippen molar-refractivity contribution in [1.29, 1.82) is 0 Å². The fourth-order valence-electron chi connectivity index (χ4n) is 2.61. The van der Waals surface area contributed by atoms with Gasteiger partial charge in [-0.05, 0) is 29.6 Å². The van der Waals surface area contributed by atoms with Gasteiger partial charge in [-0.2, -0.15) is 0 Å². The fraction of sp³-hybridized carbons (Fsp3) is 0.312. The first-order valence-corrected chi connectivity index (χ1v) is 8.48. The van der Waals surface area contributed by atoms with Crippen molar-refractivity contribution in [1.82, 2.24) is 9.80 Å². The van der Waals surface area contributed by atoms with Crippen LogP contribution in [0.5, 0.6) is 0 Å². The number of thiophene rings is 1. The lowest BCUT2D eigenvalue weighted by Crippen LogP contribution is -2.48. The Kier molecular flexibility index (Phi) is 8.33. The summed E-state index contributed by atoms with van der Waals surface area (Å²) in [5.74, 6) is -0.0132. The Labute approximate surface area is 163 Å². The van der Waals surface area contributed by atoms with Crippen molar-refractivity contribution in [3.05, 3.63) is 51.2 Å². The molecule has 0 bridgehead atoms. The summed E-state index contributed by atoms with van der Waals surface area (Å²) in [4.78, 5) is 18.1. The molecular formula is C16H20Cl3N3OS. The average molecular weight is 409 g/mol. The molecule has 1 fully saturated rings. The monoisotopic (exact) mass is 407 g/mol. The highest BCUT2D eigenvalue weighted by molar-refractivity contribution is 7.09. The number of piperazine rings is 1. The molecule has 2 heterocycles. The molecule has 1 amide bonds. The Morgan fingerprint density at radius 2 is 1.88 bits per heavy atom. The molecule has 0 unspecified atom stereocenters. The highest BCUT2D eigenvalue weighted by Crippen LogP contribution is 2.22. The molecule has 3 rings (SSSR count). The van der Waals surface area contributed by atoms with Gasteiger partial charge in [0.25, 0.3) is 5.91 Å². The average Bonchev–Trinajstić information content (AvgIpc) is 3.00. The van der Waals surface area contributed by atoms with Crippen molar-refractivity contribution in [2.24, 2.45) is 0 Å². The molecule has 4 nitrogen and oxygen atoms in total. The maximum Gasteiger partial charge on any atom is 0.255 e. The van der Waals surface area contributed by atoms with Gasteiger partial charge in [-0.3, -0.25) is 9.69 Å². The molecule has 0 atom stereocenters. The smallest absolute Gasteiger partial charge is 0.255 e. The van der Waals surface area contributed by atoms with Crippen LogP contribution in [0.4, 0.5) is 5.69 Å². The minimum Gasteiger partial charge on any atom is -0.399 e. The van der Waals surface area contributed by atoms with E-state index in [1.165, 1.54) is 4.88 Å². The van der Waals surface area contributed by atoms with E-state index in [2.05, 4.69) is 22.4 Å². The minimum atomic E-state index is -0.0132. The van der Waals surface area contributed by atoms with Gasteiger partial charge in [0.2, 0.25) is 0 Å². The quantitative estimate of drug-likeness (QED) is 0.786. The first-order valence-electron chi connectivity index (χ1n) is 7.22. The van der Waals surface area contributed by atoms with Gasteiger partial charge in [-0.25, -0.2) is 0 Å². The number of hydrogen-bond donors (Lipinski definition) is 1. The summed E-state index contributed by atoms with van der Waals surface area (Å²) in [6, 6.07) is 9.27. The van der Waals surface area contributed by atoms with Gasteiger partial charge in [-0.15, -0.1) is 36.2 Å².